The van der Waals surface area contributed by atoms with Gasteiger partial charge in [0.25, 0.3) is 0 Å². The second kappa shape index (κ2) is 16.5. The fraction of sp³-hybridized carbons (Fsp3) is 0.170. The van der Waals surface area contributed by atoms with E-state index in [0.717, 1.165) is 87.5 Å². The summed E-state index contributed by atoms with van der Waals surface area (Å²) in [7, 11) is 0. The number of benzene rings is 6. The molecule has 5 heteroatoms. The van der Waals surface area contributed by atoms with Gasteiger partial charge in [0.2, 0.25) is 0 Å². The molecule has 9 rings (SSSR count). The monoisotopic (exact) mass is 758 g/mol. The SMILES string of the molecule is C=C1CCCC(C)NC(c2ccc(N(c3ccc(C4C/C=C\C=C/C(=C)N4)cc3)c3ccc(-n4oc5cccc(-c6ccccc6)c54)c(-c4ccccc4)c3)cc2)C1. The van der Waals surface area contributed by atoms with Gasteiger partial charge in [-0.1, -0.05) is 134 Å². The standard InChI is InChI=1S/C53H50N4O/c1-37-15-13-17-39(3)55-50(35-37)43-27-31-45(32-28-43)56(44-29-25-42(26-30-44)49-23-12-4-7-16-38(2)54-49)46-33-34-51(48(36-46)41-20-10-6-11-21-41)57-53-47(22-14-24-52(53)58-57)40-18-8-5-9-19-40/h4-12,14,16,18-22,24-34,36,39,49-50,54-55H,1-2,13,15,17,23,35H2,3H3/b12-4-,16-7-. The van der Waals surface area contributed by atoms with E-state index in [0.29, 0.717) is 6.04 Å². The molecule has 0 radical (unpaired) electrons. The van der Waals surface area contributed by atoms with Crippen molar-refractivity contribution < 1.29 is 4.52 Å². The van der Waals surface area contributed by atoms with Crippen LogP contribution in [0.3, 0.4) is 0 Å². The van der Waals surface area contributed by atoms with Crippen LogP contribution in [0.5, 0.6) is 0 Å². The second-order valence-electron chi connectivity index (χ2n) is 15.7. The second-order valence-corrected chi connectivity index (χ2v) is 15.7. The molecule has 3 heterocycles. The average Bonchev–Trinajstić information content (AvgIpc) is 3.23. The molecule has 288 valence electrons. The molecule has 7 aromatic rings. The third-order valence-electron chi connectivity index (χ3n) is 11.5. The molecule has 1 saturated heterocycles. The number of rotatable bonds is 8. The summed E-state index contributed by atoms with van der Waals surface area (Å²) in [5.74, 6) is 0. The zero-order valence-corrected chi connectivity index (χ0v) is 33.2. The molecular weight excluding hydrogens is 709 g/mol. The fourth-order valence-corrected chi connectivity index (χ4v) is 8.54. The maximum Gasteiger partial charge on any atom is 0.183 e. The van der Waals surface area contributed by atoms with Crippen molar-refractivity contribution in [3.05, 3.63) is 205 Å². The van der Waals surface area contributed by atoms with Crippen molar-refractivity contribution in [2.75, 3.05) is 4.90 Å². The summed E-state index contributed by atoms with van der Waals surface area (Å²) in [6, 6.07) is 53.1. The topological polar surface area (TPSA) is 45.4 Å². The lowest BCUT2D eigenvalue weighted by Crippen LogP contribution is -2.32. The summed E-state index contributed by atoms with van der Waals surface area (Å²) >= 11 is 0. The van der Waals surface area contributed by atoms with Crippen LogP contribution in [-0.4, -0.2) is 10.8 Å². The minimum absolute atomic E-state index is 0.132. The Morgan fingerprint density at radius 1 is 0.672 bits per heavy atom. The van der Waals surface area contributed by atoms with Gasteiger partial charge in [0.05, 0.1) is 11.7 Å². The van der Waals surface area contributed by atoms with Crippen LogP contribution in [0.25, 0.3) is 39.0 Å². The molecular formula is C53H50N4O. The van der Waals surface area contributed by atoms with Crippen molar-refractivity contribution in [1.82, 2.24) is 15.4 Å². The maximum absolute atomic E-state index is 6.45. The van der Waals surface area contributed by atoms with Gasteiger partial charge in [-0.15, -0.1) is 0 Å². The van der Waals surface area contributed by atoms with E-state index < -0.39 is 0 Å². The Labute approximate surface area is 342 Å². The molecule has 3 atom stereocenters. The van der Waals surface area contributed by atoms with Crippen LogP contribution in [0.15, 0.2) is 199 Å². The lowest BCUT2D eigenvalue weighted by atomic mass is 9.92. The van der Waals surface area contributed by atoms with E-state index in [1.54, 1.807) is 0 Å². The lowest BCUT2D eigenvalue weighted by molar-refractivity contribution is 0.348. The van der Waals surface area contributed by atoms with Crippen LogP contribution in [0, 0.1) is 0 Å². The third-order valence-corrected chi connectivity index (χ3v) is 11.5. The average molecular weight is 759 g/mol. The van der Waals surface area contributed by atoms with Crippen molar-refractivity contribution in [2.24, 2.45) is 0 Å². The molecule has 58 heavy (non-hydrogen) atoms. The Hall–Kier alpha value is -6.56. The molecule has 0 bridgehead atoms. The van der Waals surface area contributed by atoms with Crippen LogP contribution < -0.4 is 15.5 Å². The number of hydrogen-bond acceptors (Lipinski definition) is 4. The highest BCUT2D eigenvalue weighted by Gasteiger charge is 2.23. The van der Waals surface area contributed by atoms with Gasteiger partial charge in [0.15, 0.2) is 5.58 Å². The summed E-state index contributed by atoms with van der Waals surface area (Å²) in [6.07, 6.45) is 13.7. The van der Waals surface area contributed by atoms with Crippen LogP contribution in [0.1, 0.15) is 62.2 Å². The van der Waals surface area contributed by atoms with Gasteiger partial charge in [0.1, 0.15) is 5.52 Å². The number of fused-ring (bicyclic) bond motifs is 1. The fourth-order valence-electron chi connectivity index (χ4n) is 8.54. The molecule has 0 saturated carbocycles. The molecule has 1 fully saturated rings. The molecule has 0 aliphatic carbocycles. The lowest BCUT2D eigenvalue weighted by Gasteiger charge is -2.30. The van der Waals surface area contributed by atoms with E-state index in [1.807, 2.05) is 23.0 Å². The molecule has 0 spiro atoms. The highest BCUT2D eigenvalue weighted by atomic mass is 16.5. The van der Waals surface area contributed by atoms with Crippen molar-refractivity contribution >= 4 is 28.2 Å². The highest BCUT2D eigenvalue weighted by Crippen LogP contribution is 2.42. The first-order valence-corrected chi connectivity index (χ1v) is 20.6. The normalized spacial score (nSPS) is 19.7. The molecule has 1 aromatic heterocycles. The molecule has 5 nitrogen and oxygen atoms in total. The van der Waals surface area contributed by atoms with Crippen molar-refractivity contribution in [2.45, 2.75) is 57.2 Å². The quantitative estimate of drug-likeness (QED) is 0.152. The molecule has 2 aliphatic rings. The van der Waals surface area contributed by atoms with Gasteiger partial charge in [-0.2, -0.15) is 4.74 Å². The van der Waals surface area contributed by atoms with E-state index in [9.17, 15) is 0 Å². The van der Waals surface area contributed by atoms with Crippen LogP contribution >= 0.6 is 0 Å². The number of nitrogens with zero attached hydrogens (tertiary/aromatic N) is 2. The van der Waals surface area contributed by atoms with Gasteiger partial charge < -0.3 is 20.1 Å². The largest absolute Gasteiger partial charge is 0.378 e. The molecule has 6 aromatic carbocycles. The number of anilines is 3. The van der Waals surface area contributed by atoms with Gasteiger partial charge in [-0.05, 0) is 116 Å². The number of allylic oxidation sites excluding steroid dienone is 3. The number of para-hydroxylation sites is 1. The molecule has 3 unspecified atom stereocenters. The van der Waals surface area contributed by atoms with Gasteiger partial charge in [-0.25, -0.2) is 0 Å². The molecule has 2 aliphatic heterocycles. The predicted molar refractivity (Wildman–Crippen MR) is 242 cm³/mol. The number of aromatic nitrogens is 1. The van der Waals surface area contributed by atoms with Crippen LogP contribution in [0.2, 0.25) is 0 Å². The van der Waals surface area contributed by atoms with Crippen molar-refractivity contribution in [3.63, 3.8) is 0 Å². The number of nitrogens with one attached hydrogen (secondary N) is 2. The Kier molecular flexibility index (Phi) is 10.5. The van der Waals surface area contributed by atoms with Gasteiger partial charge in [-0.3, -0.25) is 0 Å². The Bertz CT molecular complexity index is 2590. The minimum atomic E-state index is 0.132. The molecule has 0 amide bonds. The van der Waals surface area contributed by atoms with E-state index in [4.69, 9.17) is 4.52 Å². The first kappa shape index (κ1) is 37.0. The summed E-state index contributed by atoms with van der Waals surface area (Å²) in [6.45, 7) is 10.9. The van der Waals surface area contributed by atoms with E-state index in [1.165, 1.54) is 23.1 Å². The first-order valence-electron chi connectivity index (χ1n) is 20.6. The summed E-state index contributed by atoms with van der Waals surface area (Å²) in [5.41, 5.74) is 15.4. The Balaban J connectivity index is 1.15. The van der Waals surface area contributed by atoms with Crippen LogP contribution in [0.4, 0.5) is 17.1 Å². The smallest absolute Gasteiger partial charge is 0.183 e. The van der Waals surface area contributed by atoms with E-state index >= 15 is 0 Å². The minimum Gasteiger partial charge on any atom is -0.378 e. The zero-order chi connectivity index (χ0) is 39.4. The van der Waals surface area contributed by atoms with Crippen LogP contribution in [-0.2, 0) is 0 Å². The van der Waals surface area contributed by atoms with Gasteiger partial charge in [0, 0.05) is 46.0 Å². The summed E-state index contributed by atoms with van der Waals surface area (Å²) in [5, 5.41) is 7.49. The predicted octanol–water partition coefficient (Wildman–Crippen LogP) is 13.8. The van der Waals surface area contributed by atoms with Crippen molar-refractivity contribution in [3.8, 4) is 27.9 Å². The van der Waals surface area contributed by atoms with Crippen molar-refractivity contribution in [1.29, 1.82) is 0 Å². The van der Waals surface area contributed by atoms with Gasteiger partial charge >= 0.3 is 0 Å². The number of hydrogen-bond donors (Lipinski definition) is 2. The van der Waals surface area contributed by atoms with E-state index in [-0.39, 0.29) is 12.1 Å². The summed E-state index contributed by atoms with van der Waals surface area (Å²) < 4.78 is 8.44. The Morgan fingerprint density at radius 3 is 2.03 bits per heavy atom. The Morgan fingerprint density at radius 2 is 1.33 bits per heavy atom. The molecule has 2 N–H and O–H groups in total. The zero-order valence-electron chi connectivity index (χ0n) is 33.2. The van der Waals surface area contributed by atoms with E-state index in [2.05, 4.69) is 187 Å². The highest BCUT2D eigenvalue weighted by molar-refractivity contribution is 5.94. The third kappa shape index (κ3) is 7.74. The maximum atomic E-state index is 6.45. The summed E-state index contributed by atoms with van der Waals surface area (Å²) in [4.78, 5) is 2.37. The first-order chi connectivity index (χ1) is 28.5.